The van der Waals surface area contributed by atoms with Crippen LogP contribution in [0.5, 0.6) is 0 Å². The Morgan fingerprint density at radius 2 is 1.94 bits per heavy atom. The summed E-state index contributed by atoms with van der Waals surface area (Å²) in [5.41, 5.74) is 5.92. The molecule has 0 aromatic heterocycles. The summed E-state index contributed by atoms with van der Waals surface area (Å²) in [5, 5.41) is 12.4. The van der Waals surface area contributed by atoms with Crippen LogP contribution >= 0.6 is 24.0 Å². The number of rotatable bonds is 4. The smallest absolute Gasteiger partial charge is 0.188 e. The minimum atomic E-state index is 0. The summed E-state index contributed by atoms with van der Waals surface area (Å²) in [6.45, 7) is 0.919. The largest absolute Gasteiger partial charge is 0.396 e. The van der Waals surface area contributed by atoms with Crippen LogP contribution in [0.15, 0.2) is 4.99 Å². The molecule has 4 nitrogen and oxygen atoms in total. The van der Waals surface area contributed by atoms with Crippen LogP contribution in [0.4, 0.5) is 0 Å². The van der Waals surface area contributed by atoms with Gasteiger partial charge in [-0.05, 0) is 25.7 Å². The first-order valence-corrected chi connectivity index (χ1v) is 6.41. The van der Waals surface area contributed by atoms with E-state index in [1.54, 1.807) is 0 Å². The average molecular weight is 353 g/mol. The molecule has 0 aromatic rings. The second-order valence-electron chi connectivity index (χ2n) is 5.34. The number of guanidine groups is 1. The van der Waals surface area contributed by atoms with Gasteiger partial charge >= 0.3 is 0 Å². The van der Waals surface area contributed by atoms with Crippen LogP contribution in [0.3, 0.4) is 0 Å². The van der Waals surface area contributed by atoms with E-state index >= 15 is 0 Å². The molecule has 0 bridgehead atoms. The predicted molar refractivity (Wildman–Crippen MR) is 80.7 cm³/mol. The van der Waals surface area contributed by atoms with Crippen molar-refractivity contribution in [3.05, 3.63) is 0 Å². The van der Waals surface area contributed by atoms with Crippen LogP contribution in [-0.2, 0) is 0 Å². The Bertz CT molecular complexity index is 260. The first kappa shape index (κ1) is 15.0. The molecule has 100 valence electrons. The van der Waals surface area contributed by atoms with Crippen LogP contribution in [0, 0.1) is 5.41 Å². The van der Waals surface area contributed by atoms with Gasteiger partial charge in [-0.25, -0.2) is 0 Å². The summed E-state index contributed by atoms with van der Waals surface area (Å²) in [6.07, 6.45) is 8.54. The fourth-order valence-electron chi connectivity index (χ4n) is 2.30. The molecule has 0 aromatic carbocycles. The second-order valence-corrected chi connectivity index (χ2v) is 5.34. The Kier molecular flexibility index (Phi) is 5.99. The van der Waals surface area contributed by atoms with Gasteiger partial charge in [0.2, 0.25) is 0 Å². The number of aliphatic hydroxyl groups excluding tert-OH is 1. The van der Waals surface area contributed by atoms with E-state index in [0.29, 0.717) is 18.5 Å². The molecular weight excluding hydrogens is 329 g/mol. The third kappa shape index (κ3) is 4.62. The molecule has 2 rings (SSSR count). The zero-order valence-corrected chi connectivity index (χ0v) is 12.7. The normalized spacial score (nSPS) is 23.9. The molecule has 4 N–H and O–H groups in total. The van der Waals surface area contributed by atoms with E-state index in [1.165, 1.54) is 32.1 Å². The molecule has 0 heterocycles. The molecule has 2 aliphatic rings. The molecule has 17 heavy (non-hydrogen) atoms. The van der Waals surface area contributed by atoms with Gasteiger partial charge in [0, 0.05) is 11.5 Å². The van der Waals surface area contributed by atoms with Crippen LogP contribution in [-0.4, -0.2) is 30.3 Å². The van der Waals surface area contributed by atoms with Gasteiger partial charge in [-0.2, -0.15) is 0 Å². The highest BCUT2D eigenvalue weighted by Gasteiger charge is 2.41. The van der Waals surface area contributed by atoms with Crippen molar-refractivity contribution in [2.24, 2.45) is 16.1 Å². The van der Waals surface area contributed by atoms with Crippen LogP contribution in [0.1, 0.15) is 44.9 Å². The van der Waals surface area contributed by atoms with E-state index in [1.807, 2.05) is 0 Å². The highest BCUT2D eigenvalue weighted by molar-refractivity contribution is 14.0. The molecule has 0 spiro atoms. The standard InChI is InChI=1S/C12H23N3O.HI/c13-11(14-8-12(9-16)6-7-12)15-10-4-2-1-3-5-10;/h10,16H,1-9H2,(H3,13,14,15);1H. The van der Waals surface area contributed by atoms with E-state index in [-0.39, 0.29) is 36.0 Å². The van der Waals surface area contributed by atoms with Crippen molar-refractivity contribution in [2.75, 3.05) is 13.2 Å². The molecule has 2 aliphatic carbocycles. The SMILES string of the molecule is I.NC(=NCC1(CO)CC1)NC1CCCCC1. The third-order valence-corrected chi connectivity index (χ3v) is 3.83. The average Bonchev–Trinajstić information content (AvgIpc) is 3.09. The van der Waals surface area contributed by atoms with E-state index in [9.17, 15) is 0 Å². The zero-order chi connectivity index (χ0) is 11.4. The highest BCUT2D eigenvalue weighted by atomic mass is 127. The minimum Gasteiger partial charge on any atom is -0.396 e. The maximum absolute atomic E-state index is 9.16. The minimum absolute atomic E-state index is 0. The van der Waals surface area contributed by atoms with E-state index in [2.05, 4.69) is 10.3 Å². The van der Waals surface area contributed by atoms with Gasteiger partial charge in [-0.1, -0.05) is 19.3 Å². The van der Waals surface area contributed by atoms with Gasteiger partial charge in [0.05, 0.1) is 13.2 Å². The quantitative estimate of drug-likeness (QED) is 0.409. The van der Waals surface area contributed by atoms with Gasteiger partial charge in [-0.3, -0.25) is 4.99 Å². The second kappa shape index (κ2) is 6.78. The van der Waals surface area contributed by atoms with Crippen LogP contribution in [0.2, 0.25) is 0 Å². The Labute approximate surface area is 120 Å². The summed E-state index contributed by atoms with van der Waals surface area (Å²) >= 11 is 0. The molecule has 2 fully saturated rings. The number of nitrogens with two attached hydrogens (primary N) is 1. The van der Waals surface area contributed by atoms with E-state index < -0.39 is 0 Å². The number of nitrogens with one attached hydrogen (secondary N) is 1. The number of halogens is 1. The molecule has 0 amide bonds. The number of aliphatic imine (C=N–C) groups is 1. The molecule has 0 atom stereocenters. The Morgan fingerprint density at radius 1 is 1.29 bits per heavy atom. The molecule has 0 saturated heterocycles. The van der Waals surface area contributed by atoms with Crippen molar-refractivity contribution >= 4 is 29.9 Å². The zero-order valence-electron chi connectivity index (χ0n) is 10.3. The van der Waals surface area contributed by atoms with Gasteiger partial charge in [0.25, 0.3) is 0 Å². The van der Waals surface area contributed by atoms with E-state index in [4.69, 9.17) is 10.8 Å². The van der Waals surface area contributed by atoms with Crippen LogP contribution in [0.25, 0.3) is 0 Å². The first-order chi connectivity index (χ1) is 7.74. The number of hydrogen-bond acceptors (Lipinski definition) is 2. The molecule has 0 unspecified atom stereocenters. The fourth-order valence-corrected chi connectivity index (χ4v) is 2.30. The summed E-state index contributed by atoms with van der Waals surface area (Å²) in [4.78, 5) is 4.35. The van der Waals surface area contributed by atoms with Crippen molar-refractivity contribution in [3.8, 4) is 0 Å². The van der Waals surface area contributed by atoms with Gasteiger partial charge in [-0.15, -0.1) is 24.0 Å². The van der Waals surface area contributed by atoms with Gasteiger partial charge < -0.3 is 16.2 Å². The van der Waals surface area contributed by atoms with Crippen LogP contribution < -0.4 is 11.1 Å². The Morgan fingerprint density at radius 3 is 2.47 bits per heavy atom. The summed E-state index contributed by atoms with van der Waals surface area (Å²) in [6, 6.07) is 0.516. The maximum Gasteiger partial charge on any atom is 0.188 e. The van der Waals surface area contributed by atoms with E-state index in [0.717, 1.165) is 12.8 Å². The van der Waals surface area contributed by atoms with Crippen molar-refractivity contribution in [2.45, 2.75) is 51.0 Å². The number of nitrogens with zero attached hydrogens (tertiary/aromatic N) is 1. The Hall–Kier alpha value is -0.0400. The molecule has 5 heteroatoms. The lowest BCUT2D eigenvalue weighted by molar-refractivity contribution is 0.217. The topological polar surface area (TPSA) is 70.6 Å². The van der Waals surface area contributed by atoms with Gasteiger partial charge in [0.15, 0.2) is 5.96 Å². The van der Waals surface area contributed by atoms with Crippen molar-refractivity contribution in [3.63, 3.8) is 0 Å². The van der Waals surface area contributed by atoms with Crippen molar-refractivity contribution in [1.29, 1.82) is 0 Å². The molecule has 0 radical (unpaired) electrons. The van der Waals surface area contributed by atoms with Crippen molar-refractivity contribution < 1.29 is 5.11 Å². The molecule has 0 aliphatic heterocycles. The summed E-state index contributed by atoms with van der Waals surface area (Å²) in [7, 11) is 0. The lowest BCUT2D eigenvalue weighted by Gasteiger charge is -2.23. The third-order valence-electron chi connectivity index (χ3n) is 3.83. The summed E-state index contributed by atoms with van der Waals surface area (Å²) < 4.78 is 0. The monoisotopic (exact) mass is 353 g/mol. The molecular formula is C12H24IN3O. The lowest BCUT2D eigenvalue weighted by Crippen LogP contribution is -2.41. The number of hydrogen-bond donors (Lipinski definition) is 3. The van der Waals surface area contributed by atoms with Gasteiger partial charge in [0.1, 0.15) is 0 Å². The fraction of sp³-hybridized carbons (Fsp3) is 0.917. The molecule has 2 saturated carbocycles. The Balaban J connectivity index is 0.00000144. The first-order valence-electron chi connectivity index (χ1n) is 6.41. The maximum atomic E-state index is 9.16. The van der Waals surface area contributed by atoms with Crippen molar-refractivity contribution in [1.82, 2.24) is 5.32 Å². The highest BCUT2D eigenvalue weighted by Crippen LogP contribution is 2.45. The predicted octanol–water partition coefficient (Wildman–Crippen LogP) is 1.61. The lowest BCUT2D eigenvalue weighted by atomic mass is 9.96. The summed E-state index contributed by atoms with van der Waals surface area (Å²) in [5.74, 6) is 0.562. The number of aliphatic hydroxyl groups is 1.